The van der Waals surface area contributed by atoms with Gasteiger partial charge in [0.2, 0.25) is 5.91 Å². The van der Waals surface area contributed by atoms with Crippen molar-refractivity contribution >= 4 is 5.91 Å². The van der Waals surface area contributed by atoms with Crippen LogP contribution in [0.2, 0.25) is 0 Å². The average Bonchev–Trinajstić information content (AvgIpc) is 2.70. The topological polar surface area (TPSA) is 41.6 Å². The molecule has 4 nitrogen and oxygen atoms in total. The molecule has 17 heavy (non-hydrogen) atoms. The van der Waals surface area contributed by atoms with Gasteiger partial charge in [0.1, 0.15) is 0 Å². The second-order valence-corrected chi connectivity index (χ2v) is 5.39. The van der Waals surface area contributed by atoms with Crippen molar-refractivity contribution in [2.75, 3.05) is 13.3 Å². The summed E-state index contributed by atoms with van der Waals surface area (Å²) in [5.74, 6) is 0.711. The lowest BCUT2D eigenvalue weighted by Gasteiger charge is -2.34. The molecular weight excluding hydrogens is 216 g/mol. The highest BCUT2D eigenvalue weighted by molar-refractivity contribution is 5.84. The molecule has 2 aliphatic heterocycles. The summed E-state index contributed by atoms with van der Waals surface area (Å²) in [6.45, 7) is 7.87. The summed E-state index contributed by atoms with van der Waals surface area (Å²) in [5.41, 5.74) is 0. The van der Waals surface area contributed by atoms with Gasteiger partial charge in [0, 0.05) is 12.6 Å². The van der Waals surface area contributed by atoms with E-state index in [0.717, 1.165) is 25.9 Å². The number of carbonyl (C=O) groups is 1. The molecule has 0 aromatic rings. The Hall–Kier alpha value is -0.610. The zero-order valence-electron chi connectivity index (χ0n) is 11.1. The van der Waals surface area contributed by atoms with Gasteiger partial charge in [-0.05, 0) is 25.7 Å². The average molecular weight is 240 g/mol. The van der Waals surface area contributed by atoms with Crippen LogP contribution in [0.1, 0.15) is 40.0 Å². The molecule has 2 saturated heterocycles. The lowest BCUT2D eigenvalue weighted by atomic mass is 9.98. The highest BCUT2D eigenvalue weighted by Crippen LogP contribution is 2.24. The van der Waals surface area contributed by atoms with E-state index in [9.17, 15) is 4.79 Å². The molecule has 0 saturated carbocycles. The summed E-state index contributed by atoms with van der Waals surface area (Å²) in [7, 11) is 0. The van der Waals surface area contributed by atoms with Crippen molar-refractivity contribution in [2.45, 2.75) is 58.2 Å². The van der Waals surface area contributed by atoms with Gasteiger partial charge in [0.25, 0.3) is 0 Å². The normalized spacial score (nSPS) is 36.3. The van der Waals surface area contributed by atoms with E-state index in [2.05, 4.69) is 26.1 Å². The van der Waals surface area contributed by atoms with Crippen molar-refractivity contribution in [3.05, 3.63) is 0 Å². The van der Waals surface area contributed by atoms with Crippen LogP contribution in [0, 0.1) is 5.92 Å². The summed E-state index contributed by atoms with van der Waals surface area (Å²) in [4.78, 5) is 14.4. The lowest BCUT2D eigenvalue weighted by Crippen LogP contribution is -2.44. The summed E-state index contributed by atoms with van der Waals surface area (Å²) in [5, 5.41) is 3.35. The molecule has 4 unspecified atom stereocenters. The largest absolute Gasteiger partial charge is 0.378 e. The van der Waals surface area contributed by atoms with Crippen LogP contribution < -0.4 is 5.32 Å². The Kier molecular flexibility index (Phi) is 4.05. The van der Waals surface area contributed by atoms with Gasteiger partial charge < -0.3 is 9.64 Å². The monoisotopic (exact) mass is 240 g/mol. The fourth-order valence-electron chi connectivity index (χ4n) is 2.79. The van der Waals surface area contributed by atoms with Crippen LogP contribution in [0.25, 0.3) is 0 Å². The number of hydrogen-bond donors (Lipinski definition) is 1. The summed E-state index contributed by atoms with van der Waals surface area (Å²) in [6.07, 6.45) is 3.27. The van der Waals surface area contributed by atoms with Gasteiger partial charge in [-0.15, -0.1) is 0 Å². The number of nitrogens with zero attached hydrogens (tertiary/aromatic N) is 1. The van der Waals surface area contributed by atoms with Crippen LogP contribution >= 0.6 is 0 Å². The van der Waals surface area contributed by atoms with Gasteiger partial charge in [0.15, 0.2) is 0 Å². The molecule has 0 aromatic heterocycles. The maximum atomic E-state index is 12.3. The molecule has 0 aromatic carbocycles. The molecule has 0 spiro atoms. The third kappa shape index (κ3) is 2.63. The van der Waals surface area contributed by atoms with Crippen LogP contribution in [0.5, 0.6) is 0 Å². The first-order valence-electron chi connectivity index (χ1n) is 6.79. The number of nitrogens with one attached hydrogen (secondary N) is 1. The van der Waals surface area contributed by atoms with Crippen molar-refractivity contribution < 1.29 is 9.53 Å². The fourth-order valence-corrected chi connectivity index (χ4v) is 2.79. The van der Waals surface area contributed by atoms with Crippen molar-refractivity contribution in [3.63, 3.8) is 0 Å². The first-order chi connectivity index (χ1) is 8.13. The number of ether oxygens (including phenoxy) is 1. The van der Waals surface area contributed by atoms with Gasteiger partial charge in [-0.1, -0.05) is 20.3 Å². The SMILES string of the molecule is CCC(C)C1NCN(C2CCOC(C)C2)C1=O. The highest BCUT2D eigenvalue weighted by atomic mass is 16.5. The Bertz CT molecular complexity index is 283. The second kappa shape index (κ2) is 5.36. The minimum absolute atomic E-state index is 0.0261. The lowest BCUT2D eigenvalue weighted by molar-refractivity contribution is -0.134. The standard InChI is InChI=1S/C13H24N2O2/c1-4-9(2)12-13(16)15(8-14-12)11-5-6-17-10(3)7-11/h9-12,14H,4-8H2,1-3H3. The minimum Gasteiger partial charge on any atom is -0.378 e. The van der Waals surface area contributed by atoms with Crippen molar-refractivity contribution in [1.82, 2.24) is 10.2 Å². The van der Waals surface area contributed by atoms with Gasteiger partial charge in [-0.25, -0.2) is 0 Å². The molecule has 98 valence electrons. The third-order valence-corrected chi connectivity index (χ3v) is 4.14. The Morgan fingerprint density at radius 1 is 1.59 bits per heavy atom. The quantitative estimate of drug-likeness (QED) is 0.810. The summed E-state index contributed by atoms with van der Waals surface area (Å²) >= 11 is 0. The Labute approximate surface area is 104 Å². The predicted molar refractivity (Wildman–Crippen MR) is 66.5 cm³/mol. The molecular formula is C13H24N2O2. The molecule has 2 rings (SSSR count). The van der Waals surface area contributed by atoms with E-state index in [4.69, 9.17) is 4.74 Å². The number of carbonyl (C=O) groups excluding carboxylic acids is 1. The van der Waals surface area contributed by atoms with Gasteiger partial charge in [-0.3, -0.25) is 10.1 Å². The molecule has 2 fully saturated rings. The predicted octanol–water partition coefficient (Wildman–Crippen LogP) is 1.36. The number of amides is 1. The molecule has 0 aliphatic carbocycles. The molecule has 1 N–H and O–H groups in total. The molecule has 2 aliphatic rings. The highest BCUT2D eigenvalue weighted by Gasteiger charge is 2.38. The van der Waals surface area contributed by atoms with Crippen molar-refractivity contribution in [3.8, 4) is 0 Å². The van der Waals surface area contributed by atoms with Gasteiger partial charge in [-0.2, -0.15) is 0 Å². The van der Waals surface area contributed by atoms with Crippen molar-refractivity contribution in [2.24, 2.45) is 5.92 Å². The Balaban J connectivity index is 1.97. The first kappa shape index (κ1) is 12.8. The maximum Gasteiger partial charge on any atom is 0.241 e. The van der Waals surface area contributed by atoms with Crippen LogP contribution in [0.4, 0.5) is 0 Å². The summed E-state index contributed by atoms with van der Waals surface area (Å²) < 4.78 is 5.54. The van der Waals surface area contributed by atoms with E-state index >= 15 is 0 Å². The smallest absolute Gasteiger partial charge is 0.241 e. The van der Waals surface area contributed by atoms with E-state index in [1.54, 1.807) is 0 Å². The van der Waals surface area contributed by atoms with E-state index in [-0.39, 0.29) is 12.1 Å². The van der Waals surface area contributed by atoms with E-state index < -0.39 is 0 Å². The van der Waals surface area contributed by atoms with Gasteiger partial charge >= 0.3 is 0 Å². The zero-order valence-corrected chi connectivity index (χ0v) is 11.1. The van der Waals surface area contributed by atoms with Gasteiger partial charge in [0.05, 0.1) is 18.8 Å². The molecule has 0 radical (unpaired) electrons. The summed E-state index contributed by atoms with van der Waals surface area (Å²) in [6, 6.07) is 0.394. The van der Waals surface area contributed by atoms with Crippen molar-refractivity contribution in [1.29, 1.82) is 0 Å². The second-order valence-electron chi connectivity index (χ2n) is 5.39. The Morgan fingerprint density at radius 2 is 2.35 bits per heavy atom. The molecule has 1 amide bonds. The fraction of sp³-hybridized carbons (Fsp3) is 0.923. The maximum absolute atomic E-state index is 12.3. The third-order valence-electron chi connectivity index (χ3n) is 4.14. The number of hydrogen-bond acceptors (Lipinski definition) is 3. The van der Waals surface area contributed by atoms with E-state index in [1.807, 2.05) is 4.90 Å². The van der Waals surface area contributed by atoms with E-state index in [1.165, 1.54) is 0 Å². The molecule has 4 atom stereocenters. The minimum atomic E-state index is 0.0261. The molecule has 4 heteroatoms. The number of rotatable bonds is 3. The molecule has 2 heterocycles. The van der Waals surface area contributed by atoms with Crippen LogP contribution in [0.3, 0.4) is 0 Å². The van der Waals surface area contributed by atoms with Crippen LogP contribution in [-0.4, -0.2) is 42.3 Å². The molecule has 0 bridgehead atoms. The van der Waals surface area contributed by atoms with Crippen LogP contribution in [-0.2, 0) is 9.53 Å². The zero-order chi connectivity index (χ0) is 12.4. The van der Waals surface area contributed by atoms with E-state index in [0.29, 0.717) is 24.5 Å². The first-order valence-corrected chi connectivity index (χ1v) is 6.79. The van der Waals surface area contributed by atoms with Crippen LogP contribution in [0.15, 0.2) is 0 Å². The Morgan fingerprint density at radius 3 is 3.00 bits per heavy atom.